The number of benzene rings is 1. The molecule has 0 amide bonds. The molecule has 106 valence electrons. The van der Waals surface area contributed by atoms with Crippen molar-refractivity contribution in [3.63, 3.8) is 0 Å². The van der Waals surface area contributed by atoms with Crippen LogP contribution in [0.2, 0.25) is 0 Å². The van der Waals surface area contributed by atoms with Crippen LogP contribution in [-0.2, 0) is 9.47 Å². The van der Waals surface area contributed by atoms with Crippen molar-refractivity contribution in [2.75, 3.05) is 19.8 Å². The average Bonchev–Trinajstić information content (AvgIpc) is 2.74. The van der Waals surface area contributed by atoms with Gasteiger partial charge in [-0.15, -0.1) is 0 Å². The summed E-state index contributed by atoms with van der Waals surface area (Å²) in [4.78, 5) is 0. The highest BCUT2D eigenvalue weighted by Crippen LogP contribution is 2.36. The molecule has 1 aliphatic carbocycles. The van der Waals surface area contributed by atoms with E-state index in [1.807, 2.05) is 19.9 Å². The fourth-order valence-electron chi connectivity index (χ4n) is 2.64. The van der Waals surface area contributed by atoms with Gasteiger partial charge in [0.1, 0.15) is 0 Å². The normalized spacial score (nSPS) is 21.9. The molecule has 4 nitrogen and oxygen atoms in total. The molecule has 1 aromatic carbocycles. The van der Waals surface area contributed by atoms with Gasteiger partial charge in [-0.1, -0.05) is 24.3 Å². The summed E-state index contributed by atoms with van der Waals surface area (Å²) in [5.41, 5.74) is 8.72. The molecule has 19 heavy (non-hydrogen) atoms. The Kier molecular flexibility index (Phi) is 5.34. The van der Waals surface area contributed by atoms with E-state index in [2.05, 4.69) is 23.5 Å². The van der Waals surface area contributed by atoms with Crippen LogP contribution in [0.4, 0.5) is 0 Å². The van der Waals surface area contributed by atoms with Crippen LogP contribution in [0.5, 0.6) is 0 Å². The average molecular weight is 264 g/mol. The monoisotopic (exact) mass is 264 g/mol. The van der Waals surface area contributed by atoms with Gasteiger partial charge in [0, 0.05) is 31.8 Å². The molecule has 0 aliphatic heterocycles. The summed E-state index contributed by atoms with van der Waals surface area (Å²) in [7, 11) is 0. The molecular weight excluding hydrogens is 240 g/mol. The Morgan fingerprint density at radius 2 is 1.84 bits per heavy atom. The Bertz CT molecular complexity index is 391. The van der Waals surface area contributed by atoms with Crippen LogP contribution in [0.3, 0.4) is 0 Å². The third-order valence-electron chi connectivity index (χ3n) is 3.50. The standard InChI is InChI=1S/C15H24N2O2/c1-3-18-15(19-4-2)10-17-14-9-13(16)11-7-5-6-8-12(11)14/h5-8,13-15,17H,3-4,9-10,16H2,1-2H3. The van der Waals surface area contributed by atoms with E-state index in [1.165, 1.54) is 11.1 Å². The maximum absolute atomic E-state index is 6.16. The molecule has 1 aromatic rings. The second kappa shape index (κ2) is 7.01. The van der Waals surface area contributed by atoms with E-state index in [0.717, 1.165) is 6.42 Å². The first-order valence-electron chi connectivity index (χ1n) is 7.07. The number of rotatable bonds is 7. The molecule has 2 rings (SSSR count). The zero-order valence-corrected chi connectivity index (χ0v) is 11.8. The number of hydrogen-bond donors (Lipinski definition) is 2. The maximum atomic E-state index is 6.16. The second-order valence-corrected chi connectivity index (χ2v) is 4.77. The Balaban J connectivity index is 1.93. The molecule has 3 N–H and O–H groups in total. The van der Waals surface area contributed by atoms with Crippen molar-refractivity contribution < 1.29 is 9.47 Å². The summed E-state index contributed by atoms with van der Waals surface area (Å²) < 4.78 is 11.1. The summed E-state index contributed by atoms with van der Waals surface area (Å²) in [6.45, 7) is 5.97. The van der Waals surface area contributed by atoms with E-state index in [1.54, 1.807) is 0 Å². The minimum Gasteiger partial charge on any atom is -0.352 e. The molecule has 0 radical (unpaired) electrons. The molecular formula is C15H24N2O2. The van der Waals surface area contributed by atoms with E-state index < -0.39 is 0 Å². The number of ether oxygens (including phenoxy) is 2. The Morgan fingerprint density at radius 3 is 2.47 bits per heavy atom. The molecule has 4 heteroatoms. The molecule has 0 saturated heterocycles. The minimum atomic E-state index is -0.181. The van der Waals surface area contributed by atoms with E-state index in [9.17, 15) is 0 Å². The molecule has 0 aromatic heterocycles. The zero-order valence-electron chi connectivity index (χ0n) is 11.8. The first-order chi connectivity index (χ1) is 9.26. The predicted molar refractivity (Wildman–Crippen MR) is 75.8 cm³/mol. The summed E-state index contributed by atoms with van der Waals surface area (Å²) in [6, 6.07) is 8.81. The quantitative estimate of drug-likeness (QED) is 0.741. The first kappa shape index (κ1) is 14.5. The van der Waals surface area contributed by atoms with Crippen LogP contribution in [0.25, 0.3) is 0 Å². The Morgan fingerprint density at radius 1 is 1.21 bits per heavy atom. The largest absolute Gasteiger partial charge is 0.352 e. The zero-order chi connectivity index (χ0) is 13.7. The lowest BCUT2D eigenvalue weighted by Crippen LogP contribution is -2.33. The smallest absolute Gasteiger partial charge is 0.169 e. The van der Waals surface area contributed by atoms with Gasteiger partial charge >= 0.3 is 0 Å². The van der Waals surface area contributed by atoms with Gasteiger partial charge in [-0.3, -0.25) is 0 Å². The van der Waals surface area contributed by atoms with Crippen LogP contribution >= 0.6 is 0 Å². The number of fused-ring (bicyclic) bond motifs is 1. The van der Waals surface area contributed by atoms with Crippen molar-refractivity contribution in [2.24, 2.45) is 5.73 Å². The van der Waals surface area contributed by atoms with Crippen molar-refractivity contribution in [3.8, 4) is 0 Å². The third kappa shape index (κ3) is 3.54. The SMILES string of the molecule is CCOC(CNC1CC(N)c2ccccc21)OCC. The third-order valence-corrected chi connectivity index (χ3v) is 3.50. The number of nitrogens with two attached hydrogens (primary N) is 1. The molecule has 0 spiro atoms. The van der Waals surface area contributed by atoms with Gasteiger partial charge in [0.25, 0.3) is 0 Å². The molecule has 0 bridgehead atoms. The summed E-state index contributed by atoms with van der Waals surface area (Å²) in [5.74, 6) is 0. The molecule has 2 unspecified atom stereocenters. The van der Waals surface area contributed by atoms with Gasteiger partial charge in [0.2, 0.25) is 0 Å². The first-order valence-corrected chi connectivity index (χ1v) is 7.07. The topological polar surface area (TPSA) is 56.5 Å². The van der Waals surface area contributed by atoms with Crippen molar-refractivity contribution in [1.29, 1.82) is 0 Å². The number of hydrogen-bond acceptors (Lipinski definition) is 4. The molecule has 0 saturated carbocycles. The highest BCUT2D eigenvalue weighted by Gasteiger charge is 2.28. The van der Waals surface area contributed by atoms with E-state index in [4.69, 9.17) is 15.2 Å². The fourth-order valence-corrected chi connectivity index (χ4v) is 2.64. The highest BCUT2D eigenvalue weighted by atomic mass is 16.7. The lowest BCUT2D eigenvalue weighted by Gasteiger charge is -2.21. The molecule has 0 fully saturated rings. The van der Waals surface area contributed by atoms with Crippen LogP contribution < -0.4 is 11.1 Å². The number of nitrogens with one attached hydrogen (secondary N) is 1. The Hall–Kier alpha value is -0.940. The lowest BCUT2D eigenvalue weighted by molar-refractivity contribution is -0.133. The van der Waals surface area contributed by atoms with Crippen LogP contribution in [-0.4, -0.2) is 26.0 Å². The highest BCUT2D eigenvalue weighted by molar-refractivity contribution is 5.37. The molecule has 1 aliphatic rings. The van der Waals surface area contributed by atoms with Crippen molar-refractivity contribution >= 4 is 0 Å². The van der Waals surface area contributed by atoms with Gasteiger partial charge in [0.15, 0.2) is 6.29 Å². The van der Waals surface area contributed by atoms with Gasteiger partial charge in [-0.05, 0) is 31.4 Å². The van der Waals surface area contributed by atoms with Crippen LogP contribution in [0.15, 0.2) is 24.3 Å². The summed E-state index contributed by atoms with van der Waals surface area (Å²) in [5, 5.41) is 3.51. The van der Waals surface area contributed by atoms with E-state index >= 15 is 0 Å². The van der Waals surface area contributed by atoms with Crippen molar-refractivity contribution in [2.45, 2.75) is 38.6 Å². The summed E-state index contributed by atoms with van der Waals surface area (Å²) in [6.07, 6.45) is 0.753. The van der Waals surface area contributed by atoms with Crippen molar-refractivity contribution in [1.82, 2.24) is 5.32 Å². The second-order valence-electron chi connectivity index (χ2n) is 4.77. The molecule has 0 heterocycles. The van der Waals surface area contributed by atoms with Crippen molar-refractivity contribution in [3.05, 3.63) is 35.4 Å². The van der Waals surface area contributed by atoms with E-state index in [0.29, 0.717) is 25.8 Å². The van der Waals surface area contributed by atoms with Gasteiger partial charge in [-0.25, -0.2) is 0 Å². The Labute approximate surface area is 115 Å². The van der Waals surface area contributed by atoms with E-state index in [-0.39, 0.29) is 12.3 Å². The van der Waals surface area contributed by atoms with Crippen LogP contribution in [0.1, 0.15) is 43.5 Å². The molecule has 2 atom stereocenters. The fraction of sp³-hybridized carbons (Fsp3) is 0.600. The maximum Gasteiger partial charge on any atom is 0.169 e. The van der Waals surface area contributed by atoms with Gasteiger partial charge in [0.05, 0.1) is 0 Å². The lowest BCUT2D eigenvalue weighted by atomic mass is 10.1. The summed E-state index contributed by atoms with van der Waals surface area (Å²) >= 11 is 0. The van der Waals surface area contributed by atoms with Gasteiger partial charge < -0.3 is 20.5 Å². The van der Waals surface area contributed by atoms with Gasteiger partial charge in [-0.2, -0.15) is 0 Å². The predicted octanol–water partition coefficient (Wildman–Crippen LogP) is 2.12. The minimum absolute atomic E-state index is 0.131. The van der Waals surface area contributed by atoms with Crippen LogP contribution in [0, 0.1) is 0 Å².